The van der Waals surface area contributed by atoms with Crippen LogP contribution in [-0.4, -0.2) is 41.2 Å². The summed E-state index contributed by atoms with van der Waals surface area (Å²) in [5, 5.41) is 18.4. The highest BCUT2D eigenvalue weighted by Crippen LogP contribution is 2.15. The van der Waals surface area contributed by atoms with E-state index >= 15 is 0 Å². The third-order valence-electron chi connectivity index (χ3n) is 2.13. The smallest absolute Gasteiger partial charge is 0.376 e. The summed E-state index contributed by atoms with van der Waals surface area (Å²) in [5.41, 5.74) is 0. The molecule has 0 aliphatic carbocycles. The Labute approximate surface area is 61.8 Å². The van der Waals surface area contributed by atoms with E-state index in [1.54, 1.807) is 6.82 Å². The van der Waals surface area contributed by atoms with Gasteiger partial charge in [0.05, 0.1) is 6.10 Å². The molecule has 1 fully saturated rings. The molecular formula is C6H14BNO2. The van der Waals surface area contributed by atoms with Crippen LogP contribution < -0.4 is 0 Å². The first-order chi connectivity index (χ1) is 4.61. The number of β-amino-alcohol motifs (C(OH)–C–C–N with tert-alkyl or cyclic N) is 1. The minimum absolute atomic E-state index is 0.255. The van der Waals surface area contributed by atoms with Crippen molar-refractivity contribution in [2.24, 2.45) is 5.92 Å². The van der Waals surface area contributed by atoms with Gasteiger partial charge in [-0.25, -0.2) is 0 Å². The van der Waals surface area contributed by atoms with Crippen LogP contribution in [0.2, 0.25) is 6.82 Å². The zero-order valence-electron chi connectivity index (χ0n) is 6.49. The summed E-state index contributed by atoms with van der Waals surface area (Å²) in [6.07, 6.45) is -0.255. The molecule has 1 rings (SSSR count). The monoisotopic (exact) mass is 143 g/mol. The van der Waals surface area contributed by atoms with Gasteiger partial charge < -0.3 is 14.9 Å². The summed E-state index contributed by atoms with van der Waals surface area (Å²) in [5.74, 6) is 0.301. The molecule has 0 saturated carbocycles. The molecule has 0 aromatic heterocycles. The second-order valence-corrected chi connectivity index (χ2v) is 3.13. The topological polar surface area (TPSA) is 43.7 Å². The first kappa shape index (κ1) is 8.05. The molecule has 0 bridgehead atoms. The highest BCUT2D eigenvalue weighted by atomic mass is 16.3. The fourth-order valence-corrected chi connectivity index (χ4v) is 1.29. The van der Waals surface area contributed by atoms with Gasteiger partial charge in [-0.1, -0.05) is 6.92 Å². The fourth-order valence-electron chi connectivity index (χ4n) is 1.29. The van der Waals surface area contributed by atoms with Gasteiger partial charge in [-0.05, 0) is 19.3 Å². The maximum atomic E-state index is 9.26. The number of hydrogen-bond donors (Lipinski definition) is 2. The van der Waals surface area contributed by atoms with Crippen LogP contribution in [0, 0.1) is 5.92 Å². The number of aliphatic hydroxyl groups excluding tert-OH is 1. The van der Waals surface area contributed by atoms with Crippen LogP contribution in [0.1, 0.15) is 6.92 Å². The van der Waals surface area contributed by atoms with Crippen molar-refractivity contribution >= 4 is 7.05 Å². The number of hydrogen-bond acceptors (Lipinski definition) is 3. The maximum Gasteiger partial charge on any atom is 0.376 e. The summed E-state index contributed by atoms with van der Waals surface area (Å²) >= 11 is 0. The lowest BCUT2D eigenvalue weighted by atomic mass is 9.86. The third-order valence-corrected chi connectivity index (χ3v) is 2.13. The van der Waals surface area contributed by atoms with E-state index in [1.807, 2.05) is 11.7 Å². The Balaban J connectivity index is 2.41. The molecule has 0 radical (unpaired) electrons. The molecule has 1 aliphatic heterocycles. The van der Waals surface area contributed by atoms with E-state index in [0.717, 1.165) is 6.54 Å². The summed E-state index contributed by atoms with van der Waals surface area (Å²) < 4.78 is 0. The quantitative estimate of drug-likeness (QED) is 0.482. The van der Waals surface area contributed by atoms with Crippen molar-refractivity contribution in [3.63, 3.8) is 0 Å². The Morgan fingerprint density at radius 2 is 2.10 bits per heavy atom. The first-order valence-electron chi connectivity index (χ1n) is 3.71. The molecule has 2 atom stereocenters. The van der Waals surface area contributed by atoms with Crippen molar-refractivity contribution in [1.29, 1.82) is 0 Å². The SMILES string of the molecule is CB(O)N1CC(C)C(O)C1. The van der Waals surface area contributed by atoms with E-state index in [-0.39, 0.29) is 6.10 Å². The Kier molecular flexibility index (Phi) is 2.34. The van der Waals surface area contributed by atoms with Crippen molar-refractivity contribution < 1.29 is 10.1 Å². The fraction of sp³-hybridized carbons (Fsp3) is 1.00. The normalized spacial score (nSPS) is 34.8. The Hall–Kier alpha value is -0.0551. The van der Waals surface area contributed by atoms with Crippen molar-refractivity contribution in [2.75, 3.05) is 13.1 Å². The van der Waals surface area contributed by atoms with Gasteiger partial charge in [-0.15, -0.1) is 0 Å². The second kappa shape index (κ2) is 2.90. The molecule has 0 amide bonds. The zero-order chi connectivity index (χ0) is 7.72. The first-order valence-corrected chi connectivity index (χ1v) is 3.71. The van der Waals surface area contributed by atoms with Gasteiger partial charge in [0.2, 0.25) is 0 Å². The molecule has 0 spiro atoms. The Morgan fingerprint density at radius 1 is 1.50 bits per heavy atom. The van der Waals surface area contributed by atoms with Gasteiger partial charge in [0.15, 0.2) is 0 Å². The lowest BCUT2D eigenvalue weighted by Crippen LogP contribution is -2.35. The molecule has 0 aromatic carbocycles. The van der Waals surface area contributed by atoms with E-state index < -0.39 is 7.05 Å². The van der Waals surface area contributed by atoms with Crippen LogP contribution in [0.25, 0.3) is 0 Å². The van der Waals surface area contributed by atoms with Crippen molar-refractivity contribution in [1.82, 2.24) is 4.81 Å². The second-order valence-electron chi connectivity index (χ2n) is 3.13. The van der Waals surface area contributed by atoms with E-state index in [1.165, 1.54) is 0 Å². The lowest BCUT2D eigenvalue weighted by Gasteiger charge is -2.14. The molecule has 10 heavy (non-hydrogen) atoms. The minimum Gasteiger partial charge on any atom is -0.437 e. The summed E-state index contributed by atoms with van der Waals surface area (Å²) in [6.45, 7) is 5.13. The van der Waals surface area contributed by atoms with Gasteiger partial charge in [0.1, 0.15) is 0 Å². The minimum atomic E-state index is -0.417. The number of nitrogens with zero attached hydrogens (tertiary/aromatic N) is 1. The van der Waals surface area contributed by atoms with Gasteiger partial charge in [-0.3, -0.25) is 0 Å². The van der Waals surface area contributed by atoms with Crippen molar-refractivity contribution in [3.05, 3.63) is 0 Å². The zero-order valence-corrected chi connectivity index (χ0v) is 6.49. The van der Waals surface area contributed by atoms with E-state index in [0.29, 0.717) is 12.5 Å². The third kappa shape index (κ3) is 1.51. The van der Waals surface area contributed by atoms with E-state index in [4.69, 9.17) is 5.02 Å². The summed E-state index contributed by atoms with van der Waals surface area (Å²) in [6, 6.07) is 0. The molecule has 1 aliphatic rings. The van der Waals surface area contributed by atoms with Gasteiger partial charge >= 0.3 is 7.05 Å². The molecular weight excluding hydrogens is 129 g/mol. The van der Waals surface area contributed by atoms with Gasteiger partial charge in [0, 0.05) is 6.54 Å². The van der Waals surface area contributed by atoms with Crippen LogP contribution in [0.3, 0.4) is 0 Å². The molecule has 1 saturated heterocycles. The largest absolute Gasteiger partial charge is 0.437 e. The average Bonchev–Trinajstić information content (AvgIpc) is 2.13. The molecule has 4 heteroatoms. The van der Waals surface area contributed by atoms with Crippen molar-refractivity contribution in [2.45, 2.75) is 19.9 Å². The van der Waals surface area contributed by atoms with Crippen LogP contribution in [0.4, 0.5) is 0 Å². The molecule has 1 heterocycles. The predicted octanol–water partition coefficient (Wildman–Crippen LogP) is -0.591. The maximum absolute atomic E-state index is 9.26. The summed E-state index contributed by atoms with van der Waals surface area (Å²) in [4.78, 5) is 1.87. The highest BCUT2D eigenvalue weighted by Gasteiger charge is 2.31. The molecule has 0 aromatic rings. The van der Waals surface area contributed by atoms with Gasteiger partial charge in [-0.2, -0.15) is 0 Å². The average molecular weight is 143 g/mol. The van der Waals surface area contributed by atoms with Crippen LogP contribution >= 0.6 is 0 Å². The van der Waals surface area contributed by atoms with Crippen LogP contribution in [0.5, 0.6) is 0 Å². The lowest BCUT2D eigenvalue weighted by molar-refractivity contribution is 0.152. The highest BCUT2D eigenvalue weighted by molar-refractivity contribution is 6.45. The number of rotatable bonds is 1. The molecule has 2 unspecified atom stereocenters. The molecule has 58 valence electrons. The Bertz CT molecular complexity index is 110. The molecule has 2 N–H and O–H groups in total. The van der Waals surface area contributed by atoms with Crippen LogP contribution in [-0.2, 0) is 0 Å². The van der Waals surface area contributed by atoms with Crippen molar-refractivity contribution in [3.8, 4) is 0 Å². The summed E-state index contributed by atoms with van der Waals surface area (Å²) in [7, 11) is -0.417. The predicted molar refractivity (Wildman–Crippen MR) is 40.6 cm³/mol. The van der Waals surface area contributed by atoms with E-state index in [2.05, 4.69) is 0 Å². The molecule has 3 nitrogen and oxygen atoms in total. The standard InChI is InChI=1S/C6H14BNO2/c1-5-3-8(7(2)10)4-6(5)9/h5-6,9-10H,3-4H2,1-2H3. The van der Waals surface area contributed by atoms with Crippen LogP contribution in [0.15, 0.2) is 0 Å². The van der Waals surface area contributed by atoms with E-state index in [9.17, 15) is 5.11 Å². The van der Waals surface area contributed by atoms with Gasteiger partial charge in [0.25, 0.3) is 0 Å². The Morgan fingerprint density at radius 3 is 2.30 bits per heavy atom. The number of aliphatic hydroxyl groups is 1.